The second kappa shape index (κ2) is 5.79. The van der Waals surface area contributed by atoms with Crippen LogP contribution in [0.4, 0.5) is 5.69 Å². The average Bonchev–Trinajstić information content (AvgIpc) is 2.93. The van der Waals surface area contributed by atoms with Gasteiger partial charge in [0.05, 0.1) is 6.54 Å². The van der Waals surface area contributed by atoms with Gasteiger partial charge < -0.3 is 16.0 Å². The van der Waals surface area contributed by atoms with Crippen LogP contribution in [0, 0.1) is 0 Å². The fraction of sp³-hybridized carbons (Fsp3) is 0.111. The molecule has 0 saturated carbocycles. The lowest BCUT2D eigenvalue weighted by Crippen LogP contribution is -2.38. The molecule has 1 atom stereocenters. The van der Waals surface area contributed by atoms with E-state index in [9.17, 15) is 4.79 Å². The number of aliphatic imine (C=N–C) groups is 1. The Bertz CT molecular complexity index is 858. The zero-order valence-electron chi connectivity index (χ0n) is 12.7. The lowest BCUT2D eigenvalue weighted by atomic mass is 9.97. The first-order valence-corrected chi connectivity index (χ1v) is 8.38. The fourth-order valence-corrected chi connectivity index (χ4v) is 3.33. The molecule has 2 aromatic rings. The summed E-state index contributed by atoms with van der Waals surface area (Å²) in [5.74, 6) is 0.194. The summed E-state index contributed by atoms with van der Waals surface area (Å²) in [6.45, 7) is 0.499. The summed E-state index contributed by atoms with van der Waals surface area (Å²) >= 11 is 3.42. The molecule has 2 heterocycles. The van der Waals surface area contributed by atoms with Crippen LogP contribution in [0.5, 0.6) is 0 Å². The second-order valence-corrected chi connectivity index (χ2v) is 6.64. The molecule has 4 rings (SSSR count). The maximum absolute atomic E-state index is 12.8. The van der Waals surface area contributed by atoms with Crippen molar-refractivity contribution in [2.24, 2.45) is 10.7 Å². The Morgan fingerprint density at radius 3 is 2.54 bits per heavy atom. The van der Waals surface area contributed by atoms with Gasteiger partial charge in [-0.05, 0) is 29.8 Å². The number of hydrogen-bond donors (Lipinski definition) is 2. The molecule has 1 amide bonds. The number of guanidine groups is 1. The van der Waals surface area contributed by atoms with Crippen LogP contribution in [0.15, 0.2) is 75.3 Å². The predicted molar refractivity (Wildman–Crippen MR) is 97.5 cm³/mol. The van der Waals surface area contributed by atoms with Gasteiger partial charge in [-0.2, -0.15) is 0 Å². The van der Waals surface area contributed by atoms with Crippen LogP contribution >= 0.6 is 15.9 Å². The number of nitrogens with two attached hydrogens (primary N) is 1. The minimum atomic E-state index is -0.230. The van der Waals surface area contributed by atoms with Gasteiger partial charge in [0.15, 0.2) is 5.96 Å². The van der Waals surface area contributed by atoms with Gasteiger partial charge in [-0.25, -0.2) is 4.99 Å². The number of halogens is 1. The van der Waals surface area contributed by atoms with E-state index in [-0.39, 0.29) is 17.9 Å². The van der Waals surface area contributed by atoms with Crippen molar-refractivity contribution in [3.8, 4) is 0 Å². The maximum Gasteiger partial charge on any atom is 0.275 e. The summed E-state index contributed by atoms with van der Waals surface area (Å²) in [5.41, 5.74) is 9.28. The van der Waals surface area contributed by atoms with Crippen LogP contribution < -0.4 is 16.0 Å². The van der Waals surface area contributed by atoms with Crippen molar-refractivity contribution in [2.45, 2.75) is 6.04 Å². The molecule has 0 aliphatic carbocycles. The van der Waals surface area contributed by atoms with E-state index in [2.05, 4.69) is 26.2 Å². The molecule has 6 heteroatoms. The minimum absolute atomic E-state index is 0.0777. The Balaban J connectivity index is 1.71. The van der Waals surface area contributed by atoms with E-state index >= 15 is 0 Å². The monoisotopic (exact) mass is 382 g/mol. The highest BCUT2D eigenvalue weighted by Crippen LogP contribution is 2.36. The molecule has 120 valence electrons. The van der Waals surface area contributed by atoms with Gasteiger partial charge in [0.1, 0.15) is 11.7 Å². The number of benzene rings is 2. The summed E-state index contributed by atoms with van der Waals surface area (Å²) < 4.78 is 0.975. The van der Waals surface area contributed by atoms with Crippen LogP contribution in [-0.4, -0.2) is 18.4 Å². The minimum Gasteiger partial charge on any atom is -0.370 e. The third-order valence-electron chi connectivity index (χ3n) is 4.21. The molecule has 0 bridgehead atoms. The quantitative estimate of drug-likeness (QED) is 0.838. The molecule has 24 heavy (non-hydrogen) atoms. The van der Waals surface area contributed by atoms with Crippen LogP contribution in [0.2, 0.25) is 0 Å². The predicted octanol–water partition coefficient (Wildman–Crippen LogP) is 2.71. The topological polar surface area (TPSA) is 70.7 Å². The number of nitrogens with one attached hydrogen (secondary N) is 1. The van der Waals surface area contributed by atoms with E-state index in [1.54, 1.807) is 4.90 Å². The summed E-state index contributed by atoms with van der Waals surface area (Å²) in [7, 11) is 0. The van der Waals surface area contributed by atoms with E-state index in [0.29, 0.717) is 12.2 Å². The van der Waals surface area contributed by atoms with E-state index < -0.39 is 0 Å². The molecule has 0 saturated heterocycles. The van der Waals surface area contributed by atoms with Crippen LogP contribution in [0.3, 0.4) is 0 Å². The van der Waals surface area contributed by atoms with E-state index in [1.807, 2.05) is 54.6 Å². The highest BCUT2D eigenvalue weighted by atomic mass is 79.9. The van der Waals surface area contributed by atoms with Crippen LogP contribution in [0.25, 0.3) is 0 Å². The lowest BCUT2D eigenvalue weighted by Gasteiger charge is -2.21. The van der Waals surface area contributed by atoms with E-state index in [0.717, 1.165) is 21.3 Å². The number of hydrogen-bond acceptors (Lipinski definition) is 4. The van der Waals surface area contributed by atoms with Crippen molar-refractivity contribution in [2.75, 3.05) is 11.4 Å². The Labute approximate surface area is 148 Å². The molecule has 0 radical (unpaired) electrons. The summed E-state index contributed by atoms with van der Waals surface area (Å²) in [5, 5.41) is 2.95. The van der Waals surface area contributed by atoms with Crippen LogP contribution in [-0.2, 0) is 4.79 Å². The summed E-state index contributed by atoms with van der Waals surface area (Å²) in [6, 6.07) is 17.4. The Morgan fingerprint density at radius 2 is 1.83 bits per heavy atom. The molecular formula is C18H15BrN4O. The molecule has 2 aliphatic heterocycles. The number of rotatable bonds is 2. The number of amides is 1. The SMILES string of the molecule is NC1=N[C@@H](c2ccccc2)C2=C(N1)C(=O)N(c1ccc(Br)cc1)C2. The molecule has 0 spiro atoms. The Kier molecular flexibility index (Phi) is 3.61. The normalized spacial score (nSPS) is 19.9. The standard InChI is InChI=1S/C18H15BrN4O/c19-12-6-8-13(9-7-12)23-10-14-15(11-4-2-1-3-5-11)21-18(20)22-16(14)17(23)24/h1-9,15H,10H2,(H3,20,21,22)/t15-/m0/s1. The zero-order valence-corrected chi connectivity index (χ0v) is 14.3. The van der Waals surface area contributed by atoms with Crippen molar-refractivity contribution in [3.05, 3.63) is 75.9 Å². The van der Waals surface area contributed by atoms with Crippen molar-refractivity contribution in [1.29, 1.82) is 0 Å². The van der Waals surface area contributed by atoms with Gasteiger partial charge in [0, 0.05) is 15.7 Å². The first-order chi connectivity index (χ1) is 11.6. The third-order valence-corrected chi connectivity index (χ3v) is 4.74. The number of carbonyl (C=O) groups excluding carboxylic acids is 1. The molecular weight excluding hydrogens is 368 g/mol. The maximum atomic E-state index is 12.8. The highest BCUT2D eigenvalue weighted by Gasteiger charge is 2.38. The Hall–Kier alpha value is -2.60. The molecule has 0 aromatic heterocycles. The van der Waals surface area contributed by atoms with Gasteiger partial charge in [-0.15, -0.1) is 0 Å². The lowest BCUT2D eigenvalue weighted by molar-refractivity contribution is -0.114. The molecule has 0 unspecified atom stereocenters. The molecule has 2 aliphatic rings. The molecule has 5 nitrogen and oxygen atoms in total. The molecule has 3 N–H and O–H groups in total. The highest BCUT2D eigenvalue weighted by molar-refractivity contribution is 9.10. The fourth-order valence-electron chi connectivity index (χ4n) is 3.07. The Morgan fingerprint density at radius 1 is 1.12 bits per heavy atom. The number of nitrogens with zero attached hydrogens (tertiary/aromatic N) is 2. The van der Waals surface area contributed by atoms with Crippen molar-refractivity contribution in [1.82, 2.24) is 5.32 Å². The van der Waals surface area contributed by atoms with Crippen molar-refractivity contribution in [3.63, 3.8) is 0 Å². The average molecular weight is 383 g/mol. The van der Waals surface area contributed by atoms with Gasteiger partial charge in [-0.3, -0.25) is 4.79 Å². The van der Waals surface area contributed by atoms with Crippen LogP contribution in [0.1, 0.15) is 11.6 Å². The van der Waals surface area contributed by atoms with Crippen molar-refractivity contribution >= 4 is 33.5 Å². The third kappa shape index (κ3) is 2.49. The van der Waals surface area contributed by atoms with E-state index in [4.69, 9.17) is 5.73 Å². The molecule has 0 fully saturated rings. The van der Waals surface area contributed by atoms with Gasteiger partial charge >= 0.3 is 0 Å². The number of carbonyl (C=O) groups is 1. The van der Waals surface area contributed by atoms with Crippen molar-refractivity contribution < 1.29 is 4.79 Å². The number of anilines is 1. The zero-order chi connectivity index (χ0) is 16.7. The van der Waals surface area contributed by atoms with Gasteiger partial charge in [0.2, 0.25) is 0 Å². The largest absolute Gasteiger partial charge is 0.370 e. The molecule has 2 aromatic carbocycles. The van der Waals surface area contributed by atoms with Gasteiger partial charge in [-0.1, -0.05) is 46.3 Å². The van der Waals surface area contributed by atoms with Gasteiger partial charge in [0.25, 0.3) is 5.91 Å². The van der Waals surface area contributed by atoms with E-state index in [1.165, 1.54) is 0 Å². The second-order valence-electron chi connectivity index (χ2n) is 5.72. The first kappa shape index (κ1) is 15.0. The smallest absolute Gasteiger partial charge is 0.275 e. The first-order valence-electron chi connectivity index (χ1n) is 7.59. The summed E-state index contributed by atoms with van der Waals surface area (Å²) in [6.07, 6.45) is 0. The summed E-state index contributed by atoms with van der Waals surface area (Å²) in [4.78, 5) is 19.1.